The number of Topliss-reactive ketones (excluding diaryl/α,β-unsaturated/α-hetero) is 1. The van der Waals surface area contributed by atoms with E-state index in [4.69, 9.17) is 0 Å². The van der Waals surface area contributed by atoms with Gasteiger partial charge in [-0.3, -0.25) is 4.79 Å². The summed E-state index contributed by atoms with van der Waals surface area (Å²) in [5.74, 6) is 2.90. The SMILES string of the molecule is CCCCCCCC(=O)C1SCCSC1CC. The van der Waals surface area contributed by atoms with Gasteiger partial charge in [-0.1, -0.05) is 39.5 Å². The van der Waals surface area contributed by atoms with Crippen molar-refractivity contribution in [3.63, 3.8) is 0 Å². The topological polar surface area (TPSA) is 17.1 Å². The predicted octanol–water partition coefficient (Wildman–Crippen LogP) is 4.54. The van der Waals surface area contributed by atoms with Crippen molar-refractivity contribution in [2.24, 2.45) is 0 Å². The van der Waals surface area contributed by atoms with Gasteiger partial charge in [0.25, 0.3) is 0 Å². The summed E-state index contributed by atoms with van der Waals surface area (Å²) >= 11 is 3.91. The maximum Gasteiger partial charge on any atom is 0.146 e. The van der Waals surface area contributed by atoms with E-state index in [0.29, 0.717) is 16.3 Å². The van der Waals surface area contributed by atoms with Crippen LogP contribution in [0.15, 0.2) is 0 Å². The lowest BCUT2D eigenvalue weighted by Gasteiger charge is -2.28. The number of carbonyl (C=O) groups excluding carboxylic acids is 1. The van der Waals surface area contributed by atoms with Crippen LogP contribution in [0.3, 0.4) is 0 Å². The smallest absolute Gasteiger partial charge is 0.146 e. The third-order valence-electron chi connectivity index (χ3n) is 3.30. The molecule has 0 aromatic carbocycles. The molecule has 3 heteroatoms. The van der Waals surface area contributed by atoms with Crippen molar-refractivity contribution in [2.45, 2.75) is 69.3 Å². The van der Waals surface area contributed by atoms with Gasteiger partial charge in [0.15, 0.2) is 0 Å². The van der Waals surface area contributed by atoms with Crippen molar-refractivity contribution in [2.75, 3.05) is 11.5 Å². The summed E-state index contributed by atoms with van der Waals surface area (Å²) in [7, 11) is 0. The summed E-state index contributed by atoms with van der Waals surface area (Å²) in [5, 5.41) is 0.877. The molecule has 0 radical (unpaired) electrons. The standard InChI is InChI=1S/C14H26OS2/c1-3-5-6-7-8-9-12(15)14-13(4-2)16-10-11-17-14/h13-14H,3-11H2,1-2H3. The van der Waals surface area contributed by atoms with Crippen molar-refractivity contribution in [1.82, 2.24) is 0 Å². The molecule has 2 atom stereocenters. The minimum Gasteiger partial charge on any atom is -0.298 e. The zero-order valence-corrected chi connectivity index (χ0v) is 12.9. The molecule has 0 amide bonds. The number of rotatable bonds is 8. The Hall–Kier alpha value is 0.370. The predicted molar refractivity (Wildman–Crippen MR) is 81.2 cm³/mol. The highest BCUT2D eigenvalue weighted by molar-refractivity contribution is 8.07. The zero-order chi connectivity index (χ0) is 12.5. The van der Waals surface area contributed by atoms with Crippen LogP contribution < -0.4 is 0 Å². The van der Waals surface area contributed by atoms with Crippen molar-refractivity contribution >= 4 is 29.3 Å². The Balaban J connectivity index is 2.20. The number of ketones is 1. The molecular formula is C14H26OS2. The Morgan fingerprint density at radius 2 is 1.76 bits per heavy atom. The van der Waals surface area contributed by atoms with Crippen LogP contribution in [0, 0.1) is 0 Å². The monoisotopic (exact) mass is 274 g/mol. The van der Waals surface area contributed by atoms with Gasteiger partial charge in [-0.2, -0.15) is 11.8 Å². The molecule has 0 N–H and O–H groups in total. The molecule has 1 saturated heterocycles. The average molecular weight is 274 g/mol. The lowest BCUT2D eigenvalue weighted by Crippen LogP contribution is -2.32. The normalized spacial score (nSPS) is 24.8. The second-order valence-corrected chi connectivity index (χ2v) is 7.34. The van der Waals surface area contributed by atoms with E-state index in [1.807, 2.05) is 23.5 Å². The van der Waals surface area contributed by atoms with E-state index in [-0.39, 0.29) is 0 Å². The summed E-state index contributed by atoms with van der Waals surface area (Å²) < 4.78 is 0. The Bertz CT molecular complexity index is 218. The number of thioether (sulfide) groups is 2. The molecule has 1 rings (SSSR count). The average Bonchev–Trinajstić information content (AvgIpc) is 2.38. The van der Waals surface area contributed by atoms with Gasteiger partial charge in [-0.15, -0.1) is 11.8 Å². The second-order valence-electron chi connectivity index (χ2n) is 4.74. The lowest BCUT2D eigenvalue weighted by molar-refractivity contribution is -0.118. The molecule has 0 aromatic heterocycles. The minimum atomic E-state index is 0.296. The fourth-order valence-electron chi connectivity index (χ4n) is 2.25. The van der Waals surface area contributed by atoms with Crippen LogP contribution in [0.25, 0.3) is 0 Å². The first-order chi connectivity index (χ1) is 8.29. The molecule has 17 heavy (non-hydrogen) atoms. The molecular weight excluding hydrogens is 248 g/mol. The highest BCUT2D eigenvalue weighted by atomic mass is 32.2. The summed E-state index contributed by atoms with van der Waals surface area (Å²) in [6.07, 6.45) is 8.20. The van der Waals surface area contributed by atoms with Crippen LogP contribution in [0.1, 0.15) is 58.8 Å². The molecule has 1 heterocycles. The third kappa shape index (κ3) is 5.69. The van der Waals surface area contributed by atoms with Crippen LogP contribution in [0.2, 0.25) is 0 Å². The Kier molecular flexibility index (Phi) is 8.46. The first-order valence-electron chi connectivity index (χ1n) is 7.05. The van der Waals surface area contributed by atoms with Gasteiger partial charge in [0.1, 0.15) is 5.78 Å². The van der Waals surface area contributed by atoms with E-state index < -0.39 is 0 Å². The van der Waals surface area contributed by atoms with Crippen molar-refractivity contribution in [3.05, 3.63) is 0 Å². The maximum atomic E-state index is 12.2. The second kappa shape index (κ2) is 9.32. The molecule has 0 saturated carbocycles. The van der Waals surface area contributed by atoms with Gasteiger partial charge in [0.05, 0.1) is 5.25 Å². The molecule has 1 fully saturated rings. The number of unbranched alkanes of at least 4 members (excludes halogenated alkanes) is 4. The summed E-state index contributed by atoms with van der Waals surface area (Å²) in [4.78, 5) is 12.2. The molecule has 1 nitrogen and oxygen atoms in total. The Morgan fingerprint density at radius 1 is 1.06 bits per heavy atom. The number of hydrogen-bond acceptors (Lipinski definition) is 3. The van der Waals surface area contributed by atoms with Gasteiger partial charge in [0, 0.05) is 23.2 Å². The molecule has 0 aliphatic carbocycles. The Morgan fingerprint density at radius 3 is 2.47 bits per heavy atom. The quantitative estimate of drug-likeness (QED) is 0.605. The van der Waals surface area contributed by atoms with Crippen molar-refractivity contribution in [1.29, 1.82) is 0 Å². The van der Waals surface area contributed by atoms with Crippen molar-refractivity contribution < 1.29 is 4.79 Å². The van der Waals surface area contributed by atoms with Crippen molar-refractivity contribution in [3.8, 4) is 0 Å². The lowest BCUT2D eigenvalue weighted by atomic mass is 10.0. The third-order valence-corrected chi connectivity index (χ3v) is 6.59. The zero-order valence-electron chi connectivity index (χ0n) is 11.2. The minimum absolute atomic E-state index is 0.296. The maximum absolute atomic E-state index is 12.2. The van der Waals surface area contributed by atoms with E-state index in [1.165, 1.54) is 31.4 Å². The Labute approximate surface area is 115 Å². The fraction of sp³-hybridized carbons (Fsp3) is 0.929. The van der Waals surface area contributed by atoms with Gasteiger partial charge < -0.3 is 0 Å². The number of carbonyl (C=O) groups is 1. The summed E-state index contributed by atoms with van der Waals surface area (Å²) in [5.41, 5.74) is 0. The van der Waals surface area contributed by atoms with Crippen LogP contribution in [-0.4, -0.2) is 27.8 Å². The van der Waals surface area contributed by atoms with Crippen LogP contribution >= 0.6 is 23.5 Å². The van der Waals surface area contributed by atoms with E-state index in [1.54, 1.807) is 0 Å². The van der Waals surface area contributed by atoms with E-state index >= 15 is 0 Å². The van der Waals surface area contributed by atoms with Crippen LogP contribution in [0.4, 0.5) is 0 Å². The van der Waals surface area contributed by atoms with E-state index in [0.717, 1.165) is 25.0 Å². The first-order valence-corrected chi connectivity index (χ1v) is 9.15. The molecule has 2 unspecified atom stereocenters. The molecule has 0 aromatic rings. The largest absolute Gasteiger partial charge is 0.298 e. The van der Waals surface area contributed by atoms with Crippen LogP contribution in [0.5, 0.6) is 0 Å². The van der Waals surface area contributed by atoms with E-state index in [2.05, 4.69) is 13.8 Å². The van der Waals surface area contributed by atoms with Crippen LogP contribution in [-0.2, 0) is 4.79 Å². The molecule has 1 aliphatic heterocycles. The highest BCUT2D eigenvalue weighted by Gasteiger charge is 2.30. The van der Waals surface area contributed by atoms with Gasteiger partial charge in [0.2, 0.25) is 0 Å². The molecule has 1 aliphatic rings. The molecule has 0 spiro atoms. The fourth-order valence-corrected chi connectivity index (χ4v) is 5.32. The van der Waals surface area contributed by atoms with Gasteiger partial charge in [-0.25, -0.2) is 0 Å². The van der Waals surface area contributed by atoms with Gasteiger partial charge in [-0.05, 0) is 12.8 Å². The highest BCUT2D eigenvalue weighted by Crippen LogP contribution is 2.34. The first kappa shape index (κ1) is 15.4. The summed E-state index contributed by atoms with van der Waals surface area (Å²) in [6, 6.07) is 0. The summed E-state index contributed by atoms with van der Waals surface area (Å²) in [6.45, 7) is 4.44. The molecule has 0 bridgehead atoms. The number of hydrogen-bond donors (Lipinski definition) is 0. The van der Waals surface area contributed by atoms with Gasteiger partial charge >= 0.3 is 0 Å². The van der Waals surface area contributed by atoms with E-state index in [9.17, 15) is 4.79 Å². The molecule has 100 valence electrons.